The van der Waals surface area contributed by atoms with Gasteiger partial charge in [-0.05, 0) is 30.3 Å². The van der Waals surface area contributed by atoms with Gasteiger partial charge in [0, 0.05) is 34.7 Å². The fraction of sp³-hybridized carbons (Fsp3) is 0.111. The fourth-order valence-electron chi connectivity index (χ4n) is 2.30. The third-order valence-electron chi connectivity index (χ3n) is 3.41. The van der Waals surface area contributed by atoms with Gasteiger partial charge >= 0.3 is 0 Å². The van der Waals surface area contributed by atoms with E-state index in [0.29, 0.717) is 11.7 Å². The zero-order chi connectivity index (χ0) is 18.4. The molecule has 2 aromatic heterocycles. The first kappa shape index (κ1) is 18.3. The van der Waals surface area contributed by atoms with Crippen LogP contribution in [0.4, 0.5) is 5.69 Å². The van der Waals surface area contributed by atoms with Gasteiger partial charge in [-0.3, -0.25) is 14.3 Å². The molecule has 1 amide bonds. The minimum absolute atomic E-state index is 0.105. The second kappa shape index (κ2) is 8.77. The SMILES string of the molecule is C=CCn1c(SCC(=O)Nc2cccc(Br)c2)nnc1-c1ccncc1. The van der Waals surface area contributed by atoms with Gasteiger partial charge in [0.15, 0.2) is 11.0 Å². The molecule has 0 aliphatic carbocycles. The summed E-state index contributed by atoms with van der Waals surface area (Å²) in [4.78, 5) is 16.2. The Morgan fingerprint density at radius 2 is 2.08 bits per heavy atom. The molecule has 0 aliphatic rings. The Hall–Kier alpha value is -2.45. The van der Waals surface area contributed by atoms with Crippen molar-refractivity contribution in [1.29, 1.82) is 0 Å². The first-order valence-corrected chi connectivity index (χ1v) is 9.58. The summed E-state index contributed by atoms with van der Waals surface area (Å²) in [5.41, 5.74) is 1.66. The summed E-state index contributed by atoms with van der Waals surface area (Å²) in [6.07, 6.45) is 5.20. The highest BCUT2D eigenvalue weighted by Crippen LogP contribution is 2.24. The summed E-state index contributed by atoms with van der Waals surface area (Å²) in [5, 5.41) is 12.0. The topological polar surface area (TPSA) is 72.7 Å². The van der Waals surface area contributed by atoms with Gasteiger partial charge in [-0.15, -0.1) is 16.8 Å². The number of nitrogens with zero attached hydrogens (tertiary/aromatic N) is 4. The van der Waals surface area contributed by atoms with Gasteiger partial charge in [0.25, 0.3) is 0 Å². The molecule has 0 aliphatic heterocycles. The average molecular weight is 430 g/mol. The van der Waals surface area contributed by atoms with Crippen LogP contribution in [0.25, 0.3) is 11.4 Å². The Morgan fingerprint density at radius 3 is 2.81 bits per heavy atom. The van der Waals surface area contributed by atoms with Crippen molar-refractivity contribution in [3.63, 3.8) is 0 Å². The number of benzene rings is 1. The highest BCUT2D eigenvalue weighted by molar-refractivity contribution is 9.10. The number of aromatic nitrogens is 4. The van der Waals surface area contributed by atoms with Crippen LogP contribution in [0.3, 0.4) is 0 Å². The first-order chi connectivity index (χ1) is 12.7. The first-order valence-electron chi connectivity index (χ1n) is 7.80. The number of anilines is 1. The summed E-state index contributed by atoms with van der Waals surface area (Å²) in [6, 6.07) is 11.2. The molecule has 0 saturated carbocycles. The van der Waals surface area contributed by atoms with E-state index in [1.165, 1.54) is 11.8 Å². The molecule has 0 saturated heterocycles. The number of allylic oxidation sites excluding steroid dienone is 1. The van der Waals surface area contributed by atoms with Crippen molar-refractivity contribution >= 4 is 39.3 Å². The predicted molar refractivity (Wildman–Crippen MR) is 107 cm³/mol. The van der Waals surface area contributed by atoms with Gasteiger partial charge in [-0.25, -0.2) is 0 Å². The Balaban J connectivity index is 1.70. The molecule has 3 rings (SSSR count). The van der Waals surface area contributed by atoms with Crippen molar-refractivity contribution in [2.75, 3.05) is 11.1 Å². The van der Waals surface area contributed by atoms with Crippen LogP contribution in [-0.4, -0.2) is 31.4 Å². The van der Waals surface area contributed by atoms with Gasteiger partial charge in [0.05, 0.1) is 5.75 Å². The van der Waals surface area contributed by atoms with E-state index < -0.39 is 0 Å². The molecule has 3 aromatic rings. The zero-order valence-electron chi connectivity index (χ0n) is 13.8. The lowest BCUT2D eigenvalue weighted by atomic mass is 10.2. The summed E-state index contributed by atoms with van der Waals surface area (Å²) >= 11 is 4.72. The monoisotopic (exact) mass is 429 g/mol. The molecule has 1 aromatic carbocycles. The zero-order valence-corrected chi connectivity index (χ0v) is 16.2. The standard InChI is InChI=1S/C18H16BrN5OS/c1-2-10-24-17(13-6-8-20-9-7-13)22-23-18(24)26-12-16(25)21-15-5-3-4-14(19)11-15/h2-9,11H,1,10,12H2,(H,21,25). The number of rotatable bonds is 7. The van der Waals surface area contributed by atoms with Crippen LogP contribution in [0.15, 0.2) is 71.1 Å². The van der Waals surface area contributed by atoms with Crippen molar-refractivity contribution in [2.45, 2.75) is 11.7 Å². The van der Waals surface area contributed by atoms with E-state index in [0.717, 1.165) is 21.5 Å². The van der Waals surface area contributed by atoms with E-state index in [1.807, 2.05) is 41.0 Å². The maximum atomic E-state index is 12.2. The molecule has 26 heavy (non-hydrogen) atoms. The summed E-state index contributed by atoms with van der Waals surface area (Å²) in [7, 11) is 0. The van der Waals surface area contributed by atoms with Gasteiger partial charge in [0.1, 0.15) is 0 Å². The van der Waals surface area contributed by atoms with Gasteiger partial charge in [0.2, 0.25) is 5.91 Å². The second-order valence-electron chi connectivity index (χ2n) is 5.29. The molecule has 0 bridgehead atoms. The van der Waals surface area contributed by atoms with Crippen molar-refractivity contribution in [1.82, 2.24) is 19.7 Å². The normalized spacial score (nSPS) is 10.5. The molecular weight excluding hydrogens is 414 g/mol. The molecule has 132 valence electrons. The van der Waals surface area contributed by atoms with Crippen LogP contribution in [0.1, 0.15) is 0 Å². The molecule has 6 nitrogen and oxygen atoms in total. The van der Waals surface area contributed by atoms with Crippen molar-refractivity contribution in [3.05, 3.63) is 65.9 Å². The molecule has 0 unspecified atom stereocenters. The van der Waals surface area contributed by atoms with Gasteiger partial charge < -0.3 is 5.32 Å². The van der Waals surface area contributed by atoms with Crippen molar-refractivity contribution < 1.29 is 4.79 Å². The summed E-state index contributed by atoms with van der Waals surface area (Å²) < 4.78 is 2.84. The van der Waals surface area contributed by atoms with Crippen LogP contribution >= 0.6 is 27.7 Å². The maximum Gasteiger partial charge on any atom is 0.234 e. The molecule has 0 atom stereocenters. The molecule has 0 fully saturated rings. The number of halogens is 1. The third-order valence-corrected chi connectivity index (χ3v) is 4.87. The summed E-state index contributed by atoms with van der Waals surface area (Å²) in [6.45, 7) is 4.34. The fourth-order valence-corrected chi connectivity index (χ4v) is 3.44. The number of carbonyl (C=O) groups is 1. The predicted octanol–water partition coefficient (Wildman–Crippen LogP) is 4.02. The highest BCUT2D eigenvalue weighted by atomic mass is 79.9. The average Bonchev–Trinajstić information content (AvgIpc) is 3.04. The lowest BCUT2D eigenvalue weighted by Gasteiger charge is -2.08. The van der Waals surface area contributed by atoms with E-state index in [-0.39, 0.29) is 11.7 Å². The Kier molecular flexibility index (Phi) is 6.19. The second-order valence-corrected chi connectivity index (χ2v) is 7.15. The van der Waals surface area contributed by atoms with Crippen LogP contribution in [0.2, 0.25) is 0 Å². The van der Waals surface area contributed by atoms with Crippen LogP contribution < -0.4 is 5.32 Å². The number of carbonyl (C=O) groups excluding carboxylic acids is 1. The minimum atomic E-state index is -0.105. The van der Waals surface area contributed by atoms with Crippen LogP contribution in [0, 0.1) is 0 Å². The molecular formula is C18H16BrN5OS. The smallest absolute Gasteiger partial charge is 0.234 e. The number of pyridine rings is 1. The Morgan fingerprint density at radius 1 is 1.27 bits per heavy atom. The molecule has 0 spiro atoms. The molecule has 0 radical (unpaired) electrons. The number of amides is 1. The Bertz CT molecular complexity index is 913. The molecule has 8 heteroatoms. The van der Waals surface area contributed by atoms with E-state index in [4.69, 9.17) is 0 Å². The van der Waals surface area contributed by atoms with Gasteiger partial charge in [-0.1, -0.05) is 39.8 Å². The number of hydrogen-bond acceptors (Lipinski definition) is 5. The Labute approximate surface area is 163 Å². The molecule has 1 N–H and O–H groups in total. The maximum absolute atomic E-state index is 12.2. The minimum Gasteiger partial charge on any atom is -0.325 e. The number of hydrogen-bond donors (Lipinski definition) is 1. The van der Waals surface area contributed by atoms with E-state index >= 15 is 0 Å². The lowest BCUT2D eigenvalue weighted by molar-refractivity contribution is -0.113. The largest absolute Gasteiger partial charge is 0.325 e. The van der Waals surface area contributed by atoms with Crippen LogP contribution in [0.5, 0.6) is 0 Å². The van der Waals surface area contributed by atoms with Crippen molar-refractivity contribution in [3.8, 4) is 11.4 Å². The van der Waals surface area contributed by atoms with E-state index in [9.17, 15) is 4.79 Å². The summed E-state index contributed by atoms with van der Waals surface area (Å²) in [5.74, 6) is 0.854. The highest BCUT2D eigenvalue weighted by Gasteiger charge is 2.15. The number of thioether (sulfide) groups is 1. The quantitative estimate of drug-likeness (QED) is 0.453. The molecule has 2 heterocycles. The third kappa shape index (κ3) is 4.59. The van der Waals surface area contributed by atoms with Gasteiger partial charge in [-0.2, -0.15) is 0 Å². The van der Waals surface area contributed by atoms with E-state index in [1.54, 1.807) is 18.5 Å². The number of nitrogens with one attached hydrogen (secondary N) is 1. The van der Waals surface area contributed by atoms with E-state index in [2.05, 4.69) is 43.0 Å². The van der Waals surface area contributed by atoms with Crippen LogP contribution in [-0.2, 0) is 11.3 Å². The van der Waals surface area contributed by atoms with Crippen molar-refractivity contribution in [2.24, 2.45) is 0 Å². The lowest BCUT2D eigenvalue weighted by Crippen LogP contribution is -2.14.